The number of fused-ring (bicyclic) bond motifs is 1. The molecule has 0 bridgehead atoms. The van der Waals surface area contributed by atoms with Crippen LogP contribution in [0.2, 0.25) is 5.02 Å². The third-order valence-corrected chi connectivity index (χ3v) is 9.67. The summed E-state index contributed by atoms with van der Waals surface area (Å²) in [6.07, 6.45) is 2.39. The Balaban J connectivity index is 1.46. The molecule has 0 atom stereocenters. The lowest BCUT2D eigenvalue weighted by molar-refractivity contribution is -0.118. The van der Waals surface area contributed by atoms with E-state index in [1.54, 1.807) is 28.8 Å². The largest absolute Gasteiger partial charge is 0.379 e. The molecule has 11 heteroatoms. The second-order valence-corrected chi connectivity index (χ2v) is 12.6. The van der Waals surface area contributed by atoms with Crippen LogP contribution in [0.4, 0.5) is 5.13 Å². The maximum absolute atomic E-state index is 13.3. The molecule has 1 fully saturated rings. The molecule has 0 N–H and O–H groups in total. The molecule has 3 aromatic rings. The van der Waals surface area contributed by atoms with Crippen LogP contribution in [-0.2, 0) is 19.4 Å². The molecular formula is C24H28ClN3O4S3. The summed E-state index contributed by atoms with van der Waals surface area (Å²) in [4.78, 5) is 23.4. The molecule has 0 radical (unpaired) electrons. The lowest BCUT2D eigenvalue weighted by Gasteiger charge is -2.29. The van der Waals surface area contributed by atoms with Gasteiger partial charge in [0.1, 0.15) is 0 Å². The average Bonchev–Trinajstić information content (AvgIpc) is 3.28. The van der Waals surface area contributed by atoms with Gasteiger partial charge in [-0.1, -0.05) is 22.9 Å². The molecule has 2 heterocycles. The first-order chi connectivity index (χ1) is 16.9. The number of ether oxygens (including phenoxy) is 1. The second-order valence-electron chi connectivity index (χ2n) is 8.21. The fraction of sp³-hybridized carbons (Fsp3) is 0.417. The molecule has 4 rings (SSSR count). The van der Waals surface area contributed by atoms with Crippen molar-refractivity contribution in [1.29, 1.82) is 0 Å². The summed E-state index contributed by atoms with van der Waals surface area (Å²) in [5, 5.41) is 1.13. The number of carbonyl (C=O) groups is 1. The zero-order valence-electron chi connectivity index (χ0n) is 19.5. The summed E-state index contributed by atoms with van der Waals surface area (Å²) in [5.41, 5.74) is 0.859. The number of rotatable bonds is 10. The zero-order chi connectivity index (χ0) is 24.8. The van der Waals surface area contributed by atoms with Gasteiger partial charge in [-0.2, -0.15) is 0 Å². The van der Waals surface area contributed by atoms with Crippen LogP contribution in [0, 0.1) is 0 Å². The lowest BCUT2D eigenvalue weighted by atomic mass is 10.3. The Bertz CT molecular complexity index is 1260. The van der Waals surface area contributed by atoms with Gasteiger partial charge in [-0.15, -0.1) is 11.8 Å². The smallest absolute Gasteiger partial charge is 0.228 e. The summed E-state index contributed by atoms with van der Waals surface area (Å²) in [6.45, 7) is 4.25. The first kappa shape index (κ1) is 26.4. The van der Waals surface area contributed by atoms with Gasteiger partial charge in [-0.3, -0.25) is 14.6 Å². The van der Waals surface area contributed by atoms with E-state index < -0.39 is 9.84 Å². The number of nitrogens with zero attached hydrogens (tertiary/aromatic N) is 3. The standard InChI is InChI=1S/C24H28ClN3O4S3/c1-33-19-6-9-21-22(17-19)34-24(26-21)28(11-10-27-12-14-32-15-13-27)23(29)3-2-16-35(30,31)20-7-4-18(25)5-8-20/h4-9,17H,2-3,10-16H2,1H3. The number of benzene rings is 2. The van der Waals surface area contributed by atoms with E-state index in [0.717, 1.165) is 28.2 Å². The van der Waals surface area contributed by atoms with Crippen molar-refractivity contribution in [3.05, 3.63) is 47.5 Å². The predicted octanol–water partition coefficient (Wildman–Crippen LogP) is 4.59. The van der Waals surface area contributed by atoms with E-state index in [4.69, 9.17) is 21.3 Å². The fourth-order valence-electron chi connectivity index (χ4n) is 3.84. The van der Waals surface area contributed by atoms with Crippen LogP contribution in [0.25, 0.3) is 10.2 Å². The van der Waals surface area contributed by atoms with Crippen molar-refractivity contribution in [3.8, 4) is 0 Å². The van der Waals surface area contributed by atoms with Gasteiger partial charge in [-0.25, -0.2) is 13.4 Å². The summed E-state index contributed by atoms with van der Waals surface area (Å²) < 4.78 is 31.8. The molecule has 188 valence electrons. The number of hydrogen-bond donors (Lipinski definition) is 0. The molecule has 1 aliphatic rings. The molecule has 1 aliphatic heterocycles. The molecule has 0 unspecified atom stereocenters. The van der Waals surface area contributed by atoms with E-state index in [-0.39, 0.29) is 29.4 Å². The Morgan fingerprint density at radius 1 is 1.20 bits per heavy atom. The Labute approximate surface area is 219 Å². The summed E-state index contributed by atoms with van der Waals surface area (Å²) in [7, 11) is -3.49. The van der Waals surface area contributed by atoms with Crippen molar-refractivity contribution in [2.24, 2.45) is 0 Å². The van der Waals surface area contributed by atoms with Crippen LogP contribution in [0.1, 0.15) is 12.8 Å². The second kappa shape index (κ2) is 12.0. The van der Waals surface area contributed by atoms with Crippen molar-refractivity contribution in [2.75, 3.05) is 56.3 Å². The number of amides is 1. The van der Waals surface area contributed by atoms with Crippen molar-refractivity contribution >= 4 is 65.8 Å². The molecule has 0 aliphatic carbocycles. The quantitative estimate of drug-likeness (QED) is 0.340. The number of morpholine rings is 1. The number of carbonyl (C=O) groups excluding carboxylic acids is 1. The predicted molar refractivity (Wildman–Crippen MR) is 144 cm³/mol. The topological polar surface area (TPSA) is 79.8 Å². The summed E-state index contributed by atoms with van der Waals surface area (Å²) >= 11 is 9.03. The highest BCUT2D eigenvalue weighted by molar-refractivity contribution is 7.98. The molecule has 0 spiro atoms. The van der Waals surface area contributed by atoms with E-state index in [1.165, 1.54) is 23.5 Å². The van der Waals surface area contributed by atoms with E-state index in [0.29, 0.717) is 36.5 Å². The number of halogens is 1. The highest BCUT2D eigenvalue weighted by atomic mass is 35.5. The Kier molecular flexibility index (Phi) is 9.07. The van der Waals surface area contributed by atoms with Crippen molar-refractivity contribution in [2.45, 2.75) is 22.6 Å². The molecular weight excluding hydrogens is 526 g/mol. The minimum atomic E-state index is -3.49. The van der Waals surface area contributed by atoms with E-state index in [2.05, 4.69) is 11.0 Å². The number of thioether (sulfide) groups is 1. The number of sulfone groups is 1. The van der Waals surface area contributed by atoms with Crippen molar-refractivity contribution in [1.82, 2.24) is 9.88 Å². The van der Waals surface area contributed by atoms with Crippen LogP contribution in [0.5, 0.6) is 0 Å². The van der Waals surface area contributed by atoms with Gasteiger partial charge in [-0.05, 0) is 55.1 Å². The summed E-state index contributed by atoms with van der Waals surface area (Å²) in [6, 6.07) is 12.2. The maximum atomic E-state index is 13.3. The molecule has 35 heavy (non-hydrogen) atoms. The van der Waals surface area contributed by atoms with Crippen LogP contribution < -0.4 is 4.90 Å². The minimum absolute atomic E-state index is 0.103. The number of hydrogen-bond acceptors (Lipinski definition) is 8. The number of anilines is 1. The van der Waals surface area contributed by atoms with Crippen LogP contribution >= 0.6 is 34.7 Å². The van der Waals surface area contributed by atoms with Crippen LogP contribution in [-0.4, -0.2) is 75.6 Å². The van der Waals surface area contributed by atoms with E-state index in [9.17, 15) is 13.2 Å². The fourth-order valence-corrected chi connectivity index (χ4v) is 6.84. The first-order valence-electron chi connectivity index (χ1n) is 11.4. The SMILES string of the molecule is CSc1ccc2nc(N(CCN3CCOCC3)C(=O)CCCS(=O)(=O)c3ccc(Cl)cc3)sc2c1. The van der Waals surface area contributed by atoms with Gasteiger partial charge < -0.3 is 4.74 Å². The molecule has 1 amide bonds. The monoisotopic (exact) mass is 553 g/mol. The molecule has 1 aromatic heterocycles. The van der Waals surface area contributed by atoms with E-state index >= 15 is 0 Å². The number of aromatic nitrogens is 1. The zero-order valence-corrected chi connectivity index (χ0v) is 22.7. The van der Waals surface area contributed by atoms with Gasteiger partial charge >= 0.3 is 0 Å². The highest BCUT2D eigenvalue weighted by Crippen LogP contribution is 2.32. The Morgan fingerprint density at radius 2 is 1.94 bits per heavy atom. The average molecular weight is 554 g/mol. The molecule has 0 saturated carbocycles. The van der Waals surface area contributed by atoms with E-state index in [1.807, 2.05) is 18.4 Å². The Hall–Kier alpha value is -1.69. The highest BCUT2D eigenvalue weighted by Gasteiger charge is 2.23. The van der Waals surface area contributed by atoms with Gasteiger partial charge in [0.05, 0.1) is 34.1 Å². The molecule has 2 aromatic carbocycles. The minimum Gasteiger partial charge on any atom is -0.379 e. The molecule has 7 nitrogen and oxygen atoms in total. The first-order valence-corrected chi connectivity index (χ1v) is 15.5. The maximum Gasteiger partial charge on any atom is 0.228 e. The van der Waals surface area contributed by atoms with Crippen molar-refractivity contribution < 1.29 is 17.9 Å². The Morgan fingerprint density at radius 3 is 2.66 bits per heavy atom. The van der Waals surface area contributed by atoms with Crippen molar-refractivity contribution in [3.63, 3.8) is 0 Å². The third kappa shape index (κ3) is 6.96. The third-order valence-electron chi connectivity index (χ3n) is 5.84. The van der Waals surface area contributed by atoms with Gasteiger partial charge in [0.25, 0.3) is 0 Å². The van der Waals surface area contributed by atoms with Crippen LogP contribution in [0.3, 0.4) is 0 Å². The van der Waals surface area contributed by atoms with Crippen LogP contribution in [0.15, 0.2) is 52.3 Å². The van der Waals surface area contributed by atoms with Gasteiger partial charge in [0, 0.05) is 42.5 Å². The van der Waals surface area contributed by atoms with Gasteiger partial charge in [0.15, 0.2) is 15.0 Å². The lowest BCUT2D eigenvalue weighted by Crippen LogP contribution is -2.43. The molecule has 1 saturated heterocycles. The summed E-state index contributed by atoms with van der Waals surface area (Å²) in [5.74, 6) is -0.220. The van der Waals surface area contributed by atoms with Gasteiger partial charge in [0.2, 0.25) is 5.91 Å². The normalized spacial score (nSPS) is 14.9. The number of thiazole rings is 1.